The van der Waals surface area contributed by atoms with E-state index in [2.05, 4.69) is 16.5 Å². The molecule has 1 aromatic carbocycles. The number of rotatable bonds is 5. The maximum absolute atomic E-state index is 13.5. The lowest BCUT2D eigenvalue weighted by Gasteiger charge is -2.43. The molecule has 1 atom stereocenters. The molecule has 2 fully saturated rings. The Labute approximate surface area is 170 Å². The van der Waals surface area contributed by atoms with E-state index < -0.39 is 36.5 Å². The Balaban J connectivity index is 1.59. The minimum Gasteiger partial charge on any atom is -0.311 e. The summed E-state index contributed by atoms with van der Waals surface area (Å²) < 4.78 is 54.7. The summed E-state index contributed by atoms with van der Waals surface area (Å²) in [6, 6.07) is 8.94. The SMILES string of the molecule is Cn1nc(-c2ccc(C#N)cc2)c(C2CCC2)c1NC(=O)C[C@@H]1CC(F)(F)C1(F)F. The highest BCUT2D eigenvalue weighted by Gasteiger charge is 2.71. The first-order chi connectivity index (χ1) is 14.1. The molecule has 5 nitrogen and oxygen atoms in total. The Bertz CT molecular complexity index is 1020. The number of benzene rings is 1. The number of nitrogens with one attached hydrogen (secondary N) is 1. The van der Waals surface area contributed by atoms with Gasteiger partial charge in [-0.2, -0.15) is 27.9 Å². The minimum atomic E-state index is -4.17. The van der Waals surface area contributed by atoms with Crippen molar-refractivity contribution in [2.75, 3.05) is 5.32 Å². The fourth-order valence-electron chi connectivity index (χ4n) is 4.04. The Hall–Kier alpha value is -2.89. The number of halogens is 4. The summed E-state index contributed by atoms with van der Waals surface area (Å²) in [5, 5.41) is 16.1. The van der Waals surface area contributed by atoms with E-state index in [4.69, 9.17) is 5.26 Å². The third-order valence-electron chi connectivity index (χ3n) is 6.08. The molecule has 1 aromatic heterocycles. The molecular formula is C21H20F4N4O. The van der Waals surface area contributed by atoms with Crippen LogP contribution in [0.25, 0.3) is 11.3 Å². The lowest BCUT2D eigenvalue weighted by Crippen LogP contribution is -2.59. The predicted octanol–water partition coefficient (Wildman–Crippen LogP) is 4.85. The van der Waals surface area contributed by atoms with Gasteiger partial charge in [0.15, 0.2) is 0 Å². The van der Waals surface area contributed by atoms with Gasteiger partial charge in [0.05, 0.1) is 17.3 Å². The molecule has 1 amide bonds. The summed E-state index contributed by atoms with van der Waals surface area (Å²) in [5.41, 5.74) is 2.75. The summed E-state index contributed by atoms with van der Waals surface area (Å²) in [7, 11) is 1.64. The van der Waals surface area contributed by atoms with E-state index in [0.717, 1.165) is 30.4 Å². The fraction of sp³-hybridized carbons (Fsp3) is 0.476. The first-order valence-electron chi connectivity index (χ1n) is 9.77. The van der Waals surface area contributed by atoms with Crippen molar-refractivity contribution in [1.29, 1.82) is 5.26 Å². The van der Waals surface area contributed by atoms with E-state index in [1.54, 1.807) is 31.3 Å². The maximum atomic E-state index is 13.5. The van der Waals surface area contributed by atoms with Gasteiger partial charge in [-0.25, -0.2) is 0 Å². The number of amides is 1. The smallest absolute Gasteiger partial charge is 0.311 e. The second-order valence-electron chi connectivity index (χ2n) is 8.03. The second-order valence-corrected chi connectivity index (χ2v) is 8.03. The lowest BCUT2D eigenvalue weighted by molar-refractivity contribution is -0.313. The zero-order valence-corrected chi connectivity index (χ0v) is 16.3. The van der Waals surface area contributed by atoms with Crippen LogP contribution in [0.4, 0.5) is 23.4 Å². The van der Waals surface area contributed by atoms with Crippen molar-refractivity contribution in [3.63, 3.8) is 0 Å². The number of aromatic nitrogens is 2. The Morgan fingerprint density at radius 2 is 1.93 bits per heavy atom. The zero-order valence-electron chi connectivity index (χ0n) is 16.3. The molecule has 1 heterocycles. The van der Waals surface area contributed by atoms with Crippen LogP contribution < -0.4 is 5.32 Å². The topological polar surface area (TPSA) is 70.7 Å². The molecule has 1 N–H and O–H groups in total. The zero-order chi connectivity index (χ0) is 21.7. The number of carbonyl (C=O) groups is 1. The molecule has 2 aliphatic carbocycles. The number of carbonyl (C=O) groups excluding carboxylic acids is 1. The van der Waals surface area contributed by atoms with Crippen LogP contribution >= 0.6 is 0 Å². The maximum Gasteiger partial charge on any atom is 0.313 e. The molecule has 0 bridgehead atoms. The van der Waals surface area contributed by atoms with Crippen LogP contribution in [0.15, 0.2) is 24.3 Å². The molecular weight excluding hydrogens is 400 g/mol. The van der Waals surface area contributed by atoms with Crippen LogP contribution in [0.2, 0.25) is 0 Å². The number of aryl methyl sites for hydroxylation is 1. The lowest BCUT2D eigenvalue weighted by atomic mass is 9.74. The van der Waals surface area contributed by atoms with E-state index >= 15 is 0 Å². The molecule has 0 radical (unpaired) electrons. The molecule has 0 unspecified atom stereocenters. The number of hydrogen-bond acceptors (Lipinski definition) is 3. The molecule has 4 rings (SSSR count). The van der Waals surface area contributed by atoms with Gasteiger partial charge < -0.3 is 5.32 Å². The first kappa shape index (κ1) is 20.4. The summed E-state index contributed by atoms with van der Waals surface area (Å²) in [4.78, 5) is 12.4. The average molecular weight is 420 g/mol. The molecule has 30 heavy (non-hydrogen) atoms. The number of alkyl halides is 4. The molecule has 2 aromatic rings. The third-order valence-corrected chi connectivity index (χ3v) is 6.08. The van der Waals surface area contributed by atoms with E-state index in [0.29, 0.717) is 17.1 Å². The molecule has 2 saturated carbocycles. The van der Waals surface area contributed by atoms with Crippen molar-refractivity contribution in [3.05, 3.63) is 35.4 Å². The summed E-state index contributed by atoms with van der Waals surface area (Å²) in [5.74, 6) is -10.1. The standard InChI is InChI=1S/C21H20F4N4O/c1-29-19(27-16(30)9-15-10-20(22,23)21(15,24)25)17(13-3-2-4-13)18(28-29)14-7-5-12(11-26)6-8-14/h5-8,13,15H,2-4,9-10H2,1H3,(H,27,30)/t15-/m1/s1. The van der Waals surface area contributed by atoms with Crippen molar-refractivity contribution in [3.8, 4) is 17.3 Å². The molecule has 2 aliphatic rings. The molecule has 158 valence electrons. The van der Waals surface area contributed by atoms with Gasteiger partial charge >= 0.3 is 11.8 Å². The van der Waals surface area contributed by atoms with Gasteiger partial charge in [0.1, 0.15) is 5.82 Å². The summed E-state index contributed by atoms with van der Waals surface area (Å²) in [6.45, 7) is 0. The van der Waals surface area contributed by atoms with E-state index in [1.165, 1.54) is 4.68 Å². The van der Waals surface area contributed by atoms with Crippen LogP contribution in [0.3, 0.4) is 0 Å². The molecule has 0 aliphatic heterocycles. The van der Waals surface area contributed by atoms with Crippen LogP contribution in [0.1, 0.15) is 49.1 Å². The van der Waals surface area contributed by atoms with Gasteiger partial charge in [0, 0.05) is 36.9 Å². The van der Waals surface area contributed by atoms with Gasteiger partial charge in [0.25, 0.3) is 0 Å². The molecule has 9 heteroatoms. The Morgan fingerprint density at radius 3 is 2.43 bits per heavy atom. The third kappa shape index (κ3) is 3.24. The van der Waals surface area contributed by atoms with Crippen LogP contribution in [0, 0.1) is 17.2 Å². The molecule has 0 spiro atoms. The number of nitriles is 1. The van der Waals surface area contributed by atoms with Crippen molar-refractivity contribution in [2.24, 2.45) is 13.0 Å². The van der Waals surface area contributed by atoms with Crippen molar-refractivity contribution in [1.82, 2.24) is 9.78 Å². The van der Waals surface area contributed by atoms with Crippen LogP contribution in [0.5, 0.6) is 0 Å². The predicted molar refractivity (Wildman–Crippen MR) is 101 cm³/mol. The molecule has 0 saturated heterocycles. The van der Waals surface area contributed by atoms with Crippen molar-refractivity contribution >= 4 is 11.7 Å². The van der Waals surface area contributed by atoms with Gasteiger partial charge in [0.2, 0.25) is 5.91 Å². The van der Waals surface area contributed by atoms with E-state index in [-0.39, 0.29) is 5.92 Å². The van der Waals surface area contributed by atoms with Gasteiger partial charge in [-0.05, 0) is 30.9 Å². The summed E-state index contributed by atoms with van der Waals surface area (Å²) in [6.07, 6.45) is 1.17. The largest absolute Gasteiger partial charge is 0.313 e. The van der Waals surface area contributed by atoms with Gasteiger partial charge in [-0.3, -0.25) is 9.48 Å². The van der Waals surface area contributed by atoms with Crippen molar-refractivity contribution in [2.45, 2.75) is 49.9 Å². The number of anilines is 1. The number of nitrogens with zero attached hydrogens (tertiary/aromatic N) is 3. The first-order valence-corrected chi connectivity index (χ1v) is 9.77. The minimum absolute atomic E-state index is 0.161. The Kier molecular flexibility index (Phi) is 4.83. The summed E-state index contributed by atoms with van der Waals surface area (Å²) >= 11 is 0. The highest BCUT2D eigenvalue weighted by Crippen LogP contribution is 2.56. The quantitative estimate of drug-likeness (QED) is 0.704. The van der Waals surface area contributed by atoms with E-state index in [1.807, 2.05) is 0 Å². The van der Waals surface area contributed by atoms with E-state index in [9.17, 15) is 22.4 Å². The average Bonchev–Trinajstić information content (AvgIpc) is 2.96. The van der Waals surface area contributed by atoms with Crippen LogP contribution in [-0.4, -0.2) is 27.5 Å². The monoisotopic (exact) mass is 420 g/mol. The van der Waals surface area contributed by atoms with Crippen LogP contribution in [-0.2, 0) is 11.8 Å². The fourth-order valence-corrected chi connectivity index (χ4v) is 4.04. The van der Waals surface area contributed by atoms with Crippen molar-refractivity contribution < 1.29 is 22.4 Å². The second kappa shape index (κ2) is 7.11. The normalized spacial score (nSPS) is 21.9. The van der Waals surface area contributed by atoms with Gasteiger partial charge in [-0.1, -0.05) is 18.6 Å². The van der Waals surface area contributed by atoms with Gasteiger partial charge in [-0.15, -0.1) is 0 Å². The number of hydrogen-bond donors (Lipinski definition) is 1. The Morgan fingerprint density at radius 1 is 1.27 bits per heavy atom. The highest BCUT2D eigenvalue weighted by atomic mass is 19.3. The highest BCUT2D eigenvalue weighted by molar-refractivity contribution is 5.92.